The molecule has 1 fully saturated rings. The molecule has 1 heterocycles. The number of thioether (sulfide) groups is 1. The third-order valence-electron chi connectivity index (χ3n) is 2.26. The van der Waals surface area contributed by atoms with E-state index in [4.69, 9.17) is 17.3 Å². The number of carboxylic acids is 1. The number of nitrogens with zero attached hydrogens (tertiary/aromatic N) is 1. The smallest absolute Gasteiger partial charge is 0.303 e. The number of amides is 1. The van der Waals surface area contributed by atoms with Crippen molar-refractivity contribution in [1.29, 1.82) is 0 Å². The van der Waals surface area contributed by atoms with Gasteiger partial charge in [-0.2, -0.15) is 0 Å². The molecule has 94 valence electrons. The van der Waals surface area contributed by atoms with Crippen LogP contribution in [0.15, 0.2) is 11.0 Å². The van der Waals surface area contributed by atoms with Gasteiger partial charge in [0.1, 0.15) is 4.32 Å². The first-order valence-corrected chi connectivity index (χ1v) is 6.74. The van der Waals surface area contributed by atoms with Crippen molar-refractivity contribution in [2.75, 3.05) is 6.54 Å². The highest BCUT2D eigenvalue weighted by Crippen LogP contribution is 2.31. The van der Waals surface area contributed by atoms with Gasteiger partial charge in [0.25, 0.3) is 5.91 Å². The van der Waals surface area contributed by atoms with Gasteiger partial charge in [-0.05, 0) is 12.8 Å². The number of carboxylic acid groups (broad SMARTS) is 1. The molecule has 17 heavy (non-hydrogen) atoms. The van der Waals surface area contributed by atoms with E-state index in [-0.39, 0.29) is 12.3 Å². The molecule has 1 N–H and O–H groups in total. The summed E-state index contributed by atoms with van der Waals surface area (Å²) in [5.74, 6) is -0.934. The Balaban J connectivity index is 2.54. The van der Waals surface area contributed by atoms with Crippen molar-refractivity contribution in [3.63, 3.8) is 0 Å². The van der Waals surface area contributed by atoms with Crippen molar-refractivity contribution in [1.82, 2.24) is 4.90 Å². The molecule has 1 rings (SSSR count). The van der Waals surface area contributed by atoms with Gasteiger partial charge in [0.15, 0.2) is 0 Å². The Labute approximate surface area is 110 Å². The van der Waals surface area contributed by atoms with Gasteiger partial charge in [0.2, 0.25) is 0 Å². The molecule has 0 atom stereocenters. The van der Waals surface area contributed by atoms with Crippen LogP contribution in [0.1, 0.15) is 32.6 Å². The highest BCUT2D eigenvalue weighted by atomic mass is 32.2. The van der Waals surface area contributed by atoms with Crippen LogP contribution in [0, 0.1) is 0 Å². The number of hydrogen-bond donors (Lipinski definition) is 1. The molecule has 6 heteroatoms. The molecule has 0 unspecified atom stereocenters. The van der Waals surface area contributed by atoms with Crippen molar-refractivity contribution in [2.45, 2.75) is 32.6 Å². The molecular formula is C11H15NO3S2. The third-order valence-corrected chi connectivity index (χ3v) is 3.69. The van der Waals surface area contributed by atoms with E-state index in [2.05, 4.69) is 0 Å². The number of hydrogen-bond acceptors (Lipinski definition) is 4. The van der Waals surface area contributed by atoms with Crippen molar-refractivity contribution in [2.24, 2.45) is 0 Å². The van der Waals surface area contributed by atoms with E-state index in [9.17, 15) is 9.59 Å². The van der Waals surface area contributed by atoms with Crippen LogP contribution in [0.5, 0.6) is 0 Å². The minimum absolute atomic E-state index is 0.0606. The summed E-state index contributed by atoms with van der Waals surface area (Å²) < 4.78 is 0.530. The molecule has 0 aromatic heterocycles. The zero-order chi connectivity index (χ0) is 12.8. The van der Waals surface area contributed by atoms with Gasteiger partial charge >= 0.3 is 5.97 Å². The normalized spacial score (nSPS) is 18.2. The van der Waals surface area contributed by atoms with Gasteiger partial charge in [0.05, 0.1) is 4.91 Å². The fraction of sp³-hybridized carbons (Fsp3) is 0.545. The van der Waals surface area contributed by atoms with Gasteiger partial charge in [-0.1, -0.05) is 43.4 Å². The Morgan fingerprint density at radius 1 is 1.59 bits per heavy atom. The van der Waals surface area contributed by atoms with Crippen molar-refractivity contribution in [3.8, 4) is 0 Å². The van der Waals surface area contributed by atoms with Crippen molar-refractivity contribution in [3.05, 3.63) is 11.0 Å². The molecule has 4 nitrogen and oxygen atoms in total. The van der Waals surface area contributed by atoms with E-state index < -0.39 is 5.97 Å². The zero-order valence-electron chi connectivity index (χ0n) is 9.64. The predicted octanol–water partition coefficient (Wildman–Crippen LogP) is 2.40. The summed E-state index contributed by atoms with van der Waals surface area (Å²) in [7, 11) is 0. The molecule has 0 aliphatic carbocycles. The topological polar surface area (TPSA) is 57.6 Å². The summed E-state index contributed by atoms with van der Waals surface area (Å²) in [5, 5.41) is 8.53. The van der Waals surface area contributed by atoms with Crippen LogP contribution in [0.25, 0.3) is 0 Å². The first kappa shape index (κ1) is 14.2. The minimum Gasteiger partial charge on any atom is -0.481 e. The van der Waals surface area contributed by atoms with Crippen LogP contribution in [0.3, 0.4) is 0 Å². The lowest BCUT2D eigenvalue weighted by Crippen LogP contribution is -2.29. The summed E-state index contributed by atoms with van der Waals surface area (Å²) in [5.41, 5.74) is 0. The number of allylic oxidation sites excluding steroid dienone is 1. The van der Waals surface area contributed by atoms with E-state index in [1.54, 1.807) is 0 Å². The lowest BCUT2D eigenvalue weighted by atomic mass is 10.3. The predicted molar refractivity (Wildman–Crippen MR) is 71.8 cm³/mol. The number of aliphatic carboxylic acids is 1. The largest absolute Gasteiger partial charge is 0.481 e. The number of unbranched alkanes of at least 4 members (excludes halogenated alkanes) is 1. The highest BCUT2D eigenvalue weighted by Gasteiger charge is 2.31. The van der Waals surface area contributed by atoms with Crippen molar-refractivity contribution >= 4 is 40.2 Å². The minimum atomic E-state index is -0.850. The first-order chi connectivity index (χ1) is 8.06. The fourth-order valence-corrected chi connectivity index (χ4v) is 2.71. The van der Waals surface area contributed by atoms with Crippen LogP contribution in [-0.2, 0) is 9.59 Å². The Kier molecular flexibility index (Phi) is 5.64. The second kappa shape index (κ2) is 6.76. The van der Waals surface area contributed by atoms with E-state index in [1.807, 2.05) is 13.0 Å². The maximum absolute atomic E-state index is 11.9. The quantitative estimate of drug-likeness (QED) is 0.595. The van der Waals surface area contributed by atoms with Crippen LogP contribution in [0.2, 0.25) is 0 Å². The van der Waals surface area contributed by atoms with Gasteiger partial charge in [-0.25, -0.2) is 0 Å². The molecule has 1 amide bonds. The molecule has 0 bridgehead atoms. The third kappa shape index (κ3) is 4.12. The first-order valence-electron chi connectivity index (χ1n) is 5.52. The van der Waals surface area contributed by atoms with Gasteiger partial charge in [-0.3, -0.25) is 14.5 Å². The second-order valence-electron chi connectivity index (χ2n) is 3.68. The Hall–Kier alpha value is -0.880. The lowest BCUT2D eigenvalue weighted by Gasteiger charge is -2.13. The van der Waals surface area contributed by atoms with Gasteiger partial charge in [0, 0.05) is 13.0 Å². The molecule has 0 saturated carbocycles. The molecule has 0 spiro atoms. The van der Waals surface area contributed by atoms with Crippen LogP contribution in [0.4, 0.5) is 0 Å². The second-order valence-corrected chi connectivity index (χ2v) is 5.35. The molecule has 0 aromatic rings. The molecule has 1 aliphatic heterocycles. The summed E-state index contributed by atoms with van der Waals surface area (Å²) in [4.78, 5) is 24.5. The summed E-state index contributed by atoms with van der Waals surface area (Å²) in [6, 6.07) is 0. The van der Waals surface area contributed by atoms with Gasteiger partial charge in [-0.15, -0.1) is 0 Å². The molecule has 1 aliphatic rings. The summed E-state index contributed by atoms with van der Waals surface area (Å²) in [6.45, 7) is 2.44. The standard InChI is InChI=1S/C11H15NO3S2/c1-2-3-5-8-10(15)12(11(16)17-8)7-4-6-9(13)14/h5H,2-4,6-7H2,1H3,(H,13,14)/b8-5-. The van der Waals surface area contributed by atoms with E-state index >= 15 is 0 Å². The lowest BCUT2D eigenvalue weighted by molar-refractivity contribution is -0.137. The maximum atomic E-state index is 11.9. The average Bonchev–Trinajstić information content (AvgIpc) is 2.53. The number of carbonyl (C=O) groups is 2. The van der Waals surface area contributed by atoms with Crippen LogP contribution >= 0.6 is 24.0 Å². The highest BCUT2D eigenvalue weighted by molar-refractivity contribution is 8.26. The van der Waals surface area contributed by atoms with Gasteiger partial charge < -0.3 is 5.11 Å². The molecular weight excluding hydrogens is 258 g/mol. The van der Waals surface area contributed by atoms with E-state index in [0.717, 1.165) is 12.8 Å². The zero-order valence-corrected chi connectivity index (χ0v) is 11.3. The molecule has 0 radical (unpaired) electrons. The Morgan fingerprint density at radius 3 is 2.88 bits per heavy atom. The van der Waals surface area contributed by atoms with E-state index in [0.29, 0.717) is 22.2 Å². The number of rotatable bonds is 6. The number of thiocarbonyl (C=S) groups is 1. The Bertz CT molecular complexity index is 366. The molecule has 0 aromatic carbocycles. The molecule has 1 saturated heterocycles. The Morgan fingerprint density at radius 2 is 2.29 bits per heavy atom. The maximum Gasteiger partial charge on any atom is 0.303 e. The number of carbonyl (C=O) groups excluding carboxylic acids is 1. The van der Waals surface area contributed by atoms with Crippen LogP contribution in [-0.4, -0.2) is 32.7 Å². The monoisotopic (exact) mass is 273 g/mol. The van der Waals surface area contributed by atoms with Crippen molar-refractivity contribution < 1.29 is 14.7 Å². The fourth-order valence-electron chi connectivity index (χ4n) is 1.39. The SMILES string of the molecule is CCC/C=C1\SC(=S)N(CCCC(=O)O)C1=O. The van der Waals surface area contributed by atoms with E-state index in [1.165, 1.54) is 16.7 Å². The average molecular weight is 273 g/mol. The van der Waals surface area contributed by atoms with Crippen LogP contribution < -0.4 is 0 Å². The summed E-state index contributed by atoms with van der Waals surface area (Å²) in [6.07, 6.45) is 4.24. The summed E-state index contributed by atoms with van der Waals surface area (Å²) >= 11 is 6.41.